The molecule has 0 aliphatic carbocycles. The van der Waals surface area contributed by atoms with Crippen LogP contribution < -0.4 is 21.1 Å². The van der Waals surface area contributed by atoms with E-state index >= 15 is 0 Å². The van der Waals surface area contributed by atoms with Crippen LogP contribution in [0.2, 0.25) is 0 Å². The zero-order valence-electron chi connectivity index (χ0n) is 13.5. The fourth-order valence-corrected chi connectivity index (χ4v) is 2.12. The number of benzene rings is 2. The van der Waals surface area contributed by atoms with Crippen molar-refractivity contribution in [1.82, 2.24) is 0 Å². The minimum absolute atomic E-state index is 0.163. The molecule has 0 aliphatic heterocycles. The molecule has 0 saturated carbocycles. The van der Waals surface area contributed by atoms with Crippen molar-refractivity contribution in [1.29, 1.82) is 0 Å². The number of ether oxygens (including phenoxy) is 1. The van der Waals surface area contributed by atoms with Crippen LogP contribution >= 0.6 is 0 Å². The van der Waals surface area contributed by atoms with Crippen LogP contribution in [0.4, 0.5) is 11.4 Å². The highest BCUT2D eigenvalue weighted by Gasteiger charge is 2.12. The molecule has 2 rings (SSSR count). The molecule has 6 nitrogen and oxygen atoms in total. The van der Waals surface area contributed by atoms with Crippen LogP contribution in [0, 0.1) is 0 Å². The zero-order chi connectivity index (χ0) is 17.4. The lowest BCUT2D eigenvalue weighted by atomic mass is 10.2. The molecule has 126 valence electrons. The highest BCUT2D eigenvalue weighted by atomic mass is 16.5. The van der Waals surface area contributed by atoms with E-state index in [1.54, 1.807) is 42.5 Å². The van der Waals surface area contributed by atoms with Crippen LogP contribution in [0.25, 0.3) is 0 Å². The maximum absolute atomic E-state index is 12.3. The van der Waals surface area contributed by atoms with Crippen molar-refractivity contribution in [2.75, 3.05) is 24.3 Å². The van der Waals surface area contributed by atoms with Gasteiger partial charge in [-0.05, 0) is 37.2 Å². The van der Waals surface area contributed by atoms with Gasteiger partial charge in [0.25, 0.3) is 5.91 Å². The van der Waals surface area contributed by atoms with Crippen LogP contribution in [-0.2, 0) is 4.79 Å². The third kappa shape index (κ3) is 4.82. The molecular formula is C18H21N3O3. The van der Waals surface area contributed by atoms with Gasteiger partial charge in [0.05, 0.1) is 18.5 Å². The number of nitrogens with two attached hydrogens (primary N) is 1. The maximum Gasteiger partial charge on any atom is 0.255 e. The number of methoxy groups -OCH3 is 1. The Morgan fingerprint density at radius 1 is 1.04 bits per heavy atom. The maximum atomic E-state index is 12.3. The minimum Gasteiger partial charge on any atom is -0.497 e. The van der Waals surface area contributed by atoms with E-state index in [2.05, 4.69) is 10.6 Å². The van der Waals surface area contributed by atoms with E-state index < -0.39 is 0 Å². The van der Waals surface area contributed by atoms with Gasteiger partial charge in [0.15, 0.2) is 0 Å². The SMILES string of the molecule is COc1ccc(NC(=O)c2ccccc2)c(NC(=O)CCCN)c1. The van der Waals surface area contributed by atoms with Crippen molar-refractivity contribution in [3.63, 3.8) is 0 Å². The molecule has 0 heterocycles. The fraction of sp³-hybridized carbons (Fsp3) is 0.222. The van der Waals surface area contributed by atoms with E-state index in [9.17, 15) is 9.59 Å². The number of carbonyl (C=O) groups excluding carboxylic acids is 2. The molecule has 6 heteroatoms. The lowest BCUT2D eigenvalue weighted by Gasteiger charge is -2.14. The Hall–Kier alpha value is -2.86. The Balaban J connectivity index is 2.19. The van der Waals surface area contributed by atoms with Gasteiger partial charge in [0.2, 0.25) is 5.91 Å². The first kappa shape index (κ1) is 17.5. The Morgan fingerprint density at radius 3 is 2.46 bits per heavy atom. The minimum atomic E-state index is -0.252. The second kappa shape index (κ2) is 8.69. The molecule has 0 aromatic heterocycles. The molecule has 4 N–H and O–H groups in total. The lowest BCUT2D eigenvalue weighted by molar-refractivity contribution is -0.116. The summed E-state index contributed by atoms with van der Waals surface area (Å²) in [5, 5.41) is 5.59. The van der Waals surface area contributed by atoms with Gasteiger partial charge in [-0.15, -0.1) is 0 Å². The van der Waals surface area contributed by atoms with Gasteiger partial charge < -0.3 is 21.1 Å². The highest BCUT2D eigenvalue weighted by molar-refractivity contribution is 6.07. The first-order valence-electron chi connectivity index (χ1n) is 7.68. The Bertz CT molecular complexity index is 702. The van der Waals surface area contributed by atoms with E-state index in [0.717, 1.165) is 0 Å². The standard InChI is InChI=1S/C18H21N3O3/c1-24-14-9-10-15(16(12-14)20-17(22)8-5-11-19)21-18(23)13-6-3-2-4-7-13/h2-4,6-7,9-10,12H,5,8,11,19H2,1H3,(H,20,22)(H,21,23). The molecule has 0 fully saturated rings. The molecule has 0 bridgehead atoms. The largest absolute Gasteiger partial charge is 0.497 e. The van der Waals surface area contributed by atoms with Gasteiger partial charge in [-0.3, -0.25) is 9.59 Å². The molecule has 0 saturated heterocycles. The lowest BCUT2D eigenvalue weighted by Crippen LogP contribution is -2.17. The average Bonchev–Trinajstić information content (AvgIpc) is 2.62. The van der Waals surface area contributed by atoms with Crippen LogP contribution in [0.15, 0.2) is 48.5 Å². The number of hydrogen-bond donors (Lipinski definition) is 3. The van der Waals surface area contributed by atoms with Crippen LogP contribution in [0.5, 0.6) is 5.75 Å². The van der Waals surface area contributed by atoms with Gasteiger partial charge in [-0.2, -0.15) is 0 Å². The average molecular weight is 327 g/mol. The Kier molecular flexibility index (Phi) is 6.33. The normalized spacial score (nSPS) is 10.1. The predicted octanol–water partition coefficient (Wildman–Crippen LogP) is 2.62. The first-order valence-corrected chi connectivity index (χ1v) is 7.68. The molecule has 24 heavy (non-hydrogen) atoms. The molecule has 2 amide bonds. The molecule has 0 radical (unpaired) electrons. The summed E-state index contributed by atoms with van der Waals surface area (Å²) in [5.41, 5.74) is 6.95. The number of anilines is 2. The van der Waals surface area contributed by atoms with Gasteiger partial charge in [0.1, 0.15) is 5.75 Å². The van der Waals surface area contributed by atoms with E-state index in [-0.39, 0.29) is 11.8 Å². The molecule has 0 unspecified atom stereocenters. The summed E-state index contributed by atoms with van der Waals surface area (Å²) in [5.74, 6) is 0.170. The summed E-state index contributed by atoms with van der Waals surface area (Å²) in [4.78, 5) is 24.3. The van der Waals surface area contributed by atoms with Gasteiger partial charge >= 0.3 is 0 Å². The molecule has 2 aromatic rings. The predicted molar refractivity (Wildman–Crippen MR) is 94.3 cm³/mol. The van der Waals surface area contributed by atoms with Crippen LogP contribution in [-0.4, -0.2) is 25.5 Å². The Labute approximate surface area is 141 Å². The fourth-order valence-electron chi connectivity index (χ4n) is 2.12. The molecular weight excluding hydrogens is 306 g/mol. The smallest absolute Gasteiger partial charge is 0.255 e. The monoisotopic (exact) mass is 327 g/mol. The van der Waals surface area contributed by atoms with E-state index in [1.165, 1.54) is 7.11 Å². The third-order valence-electron chi connectivity index (χ3n) is 3.39. The second-order valence-corrected chi connectivity index (χ2v) is 5.17. The van der Waals surface area contributed by atoms with Gasteiger partial charge in [0, 0.05) is 18.1 Å². The summed E-state index contributed by atoms with van der Waals surface area (Å²) in [7, 11) is 1.54. The van der Waals surface area contributed by atoms with E-state index in [1.807, 2.05) is 6.07 Å². The van der Waals surface area contributed by atoms with Crippen molar-refractivity contribution < 1.29 is 14.3 Å². The summed E-state index contributed by atoms with van der Waals surface area (Å²) >= 11 is 0. The number of amides is 2. The van der Waals surface area contributed by atoms with Crippen molar-refractivity contribution in [2.24, 2.45) is 5.73 Å². The number of nitrogens with one attached hydrogen (secondary N) is 2. The number of carbonyl (C=O) groups is 2. The van der Waals surface area contributed by atoms with Crippen molar-refractivity contribution >= 4 is 23.2 Å². The number of hydrogen-bond acceptors (Lipinski definition) is 4. The van der Waals surface area contributed by atoms with Crippen LogP contribution in [0.3, 0.4) is 0 Å². The van der Waals surface area contributed by atoms with E-state index in [0.29, 0.717) is 42.1 Å². The topological polar surface area (TPSA) is 93.5 Å². The van der Waals surface area contributed by atoms with Crippen LogP contribution in [0.1, 0.15) is 23.2 Å². The molecule has 0 atom stereocenters. The summed E-state index contributed by atoms with van der Waals surface area (Å²) in [6.07, 6.45) is 0.918. The van der Waals surface area contributed by atoms with E-state index in [4.69, 9.17) is 10.5 Å². The summed E-state index contributed by atoms with van der Waals surface area (Å²) in [6.45, 7) is 0.448. The summed E-state index contributed by atoms with van der Waals surface area (Å²) < 4.78 is 5.18. The highest BCUT2D eigenvalue weighted by Crippen LogP contribution is 2.27. The molecule has 2 aromatic carbocycles. The molecule has 0 spiro atoms. The van der Waals surface area contributed by atoms with Crippen molar-refractivity contribution in [3.05, 3.63) is 54.1 Å². The second-order valence-electron chi connectivity index (χ2n) is 5.17. The van der Waals surface area contributed by atoms with Gasteiger partial charge in [-0.25, -0.2) is 0 Å². The summed E-state index contributed by atoms with van der Waals surface area (Å²) in [6, 6.07) is 13.9. The zero-order valence-corrected chi connectivity index (χ0v) is 13.5. The van der Waals surface area contributed by atoms with Gasteiger partial charge in [-0.1, -0.05) is 18.2 Å². The quantitative estimate of drug-likeness (QED) is 0.729. The molecule has 0 aliphatic rings. The first-order chi connectivity index (χ1) is 11.6. The Morgan fingerprint density at radius 2 is 1.79 bits per heavy atom. The third-order valence-corrected chi connectivity index (χ3v) is 3.39. The van der Waals surface area contributed by atoms with Crippen molar-refractivity contribution in [2.45, 2.75) is 12.8 Å². The van der Waals surface area contributed by atoms with Crippen molar-refractivity contribution in [3.8, 4) is 5.75 Å². The number of rotatable bonds is 7.